The molecule has 19 heavy (non-hydrogen) atoms. The summed E-state index contributed by atoms with van der Waals surface area (Å²) in [6, 6.07) is 4.85. The minimum atomic E-state index is -0.506. The van der Waals surface area contributed by atoms with Crippen LogP contribution in [-0.4, -0.2) is 17.9 Å². The fourth-order valence-electron chi connectivity index (χ4n) is 1.76. The second kappa shape index (κ2) is 6.89. The van der Waals surface area contributed by atoms with Gasteiger partial charge in [-0.25, -0.2) is 0 Å². The zero-order valence-corrected chi connectivity index (χ0v) is 11.6. The largest absolute Gasteiger partial charge is 0.326 e. The summed E-state index contributed by atoms with van der Waals surface area (Å²) in [6.45, 7) is 5.27. The van der Waals surface area contributed by atoms with Crippen molar-refractivity contribution in [1.29, 1.82) is 0 Å². The molecule has 1 rings (SSSR count). The van der Waals surface area contributed by atoms with Gasteiger partial charge in [-0.2, -0.15) is 0 Å². The highest BCUT2D eigenvalue weighted by Crippen LogP contribution is 2.23. The van der Waals surface area contributed by atoms with E-state index in [9.17, 15) is 9.59 Å². The van der Waals surface area contributed by atoms with Crippen molar-refractivity contribution in [2.75, 3.05) is 10.6 Å². The molecule has 0 aliphatic heterocycles. The lowest BCUT2D eigenvalue weighted by Gasteiger charge is -2.15. The van der Waals surface area contributed by atoms with E-state index >= 15 is 0 Å². The zero-order chi connectivity index (χ0) is 14.4. The van der Waals surface area contributed by atoms with Gasteiger partial charge in [-0.1, -0.05) is 19.4 Å². The van der Waals surface area contributed by atoms with Gasteiger partial charge in [-0.15, -0.1) is 0 Å². The molecule has 5 heteroatoms. The molecule has 0 radical (unpaired) electrons. The van der Waals surface area contributed by atoms with Gasteiger partial charge in [0.05, 0.1) is 6.04 Å². The van der Waals surface area contributed by atoms with Gasteiger partial charge in [0.1, 0.15) is 0 Å². The van der Waals surface area contributed by atoms with Crippen molar-refractivity contribution in [3.05, 3.63) is 23.8 Å². The topological polar surface area (TPSA) is 84.2 Å². The first-order valence-electron chi connectivity index (χ1n) is 6.39. The number of benzene rings is 1. The van der Waals surface area contributed by atoms with Crippen LogP contribution in [0.5, 0.6) is 0 Å². The Hall–Kier alpha value is -1.88. The monoisotopic (exact) mass is 263 g/mol. The van der Waals surface area contributed by atoms with E-state index in [2.05, 4.69) is 10.6 Å². The van der Waals surface area contributed by atoms with E-state index < -0.39 is 6.04 Å². The molecule has 0 aromatic heterocycles. The predicted molar refractivity (Wildman–Crippen MR) is 77.0 cm³/mol. The third kappa shape index (κ3) is 4.37. The van der Waals surface area contributed by atoms with Crippen molar-refractivity contribution >= 4 is 23.2 Å². The molecule has 4 N–H and O–H groups in total. The maximum atomic E-state index is 11.9. The Morgan fingerprint density at radius 1 is 1.26 bits per heavy atom. The van der Waals surface area contributed by atoms with Crippen LogP contribution in [0.4, 0.5) is 11.4 Å². The summed E-state index contributed by atoms with van der Waals surface area (Å²) in [5.74, 6) is -0.348. The van der Waals surface area contributed by atoms with Gasteiger partial charge in [0.25, 0.3) is 0 Å². The van der Waals surface area contributed by atoms with Crippen LogP contribution < -0.4 is 16.4 Å². The summed E-state index contributed by atoms with van der Waals surface area (Å²) >= 11 is 0. The summed E-state index contributed by atoms with van der Waals surface area (Å²) < 4.78 is 0. The maximum absolute atomic E-state index is 11.9. The lowest BCUT2D eigenvalue weighted by molar-refractivity contribution is -0.117. The van der Waals surface area contributed by atoms with E-state index in [1.165, 1.54) is 6.92 Å². The number of nitrogens with two attached hydrogens (primary N) is 1. The summed E-state index contributed by atoms with van der Waals surface area (Å²) in [7, 11) is 0. The second-order valence-electron chi connectivity index (χ2n) is 4.54. The molecule has 5 nitrogen and oxygen atoms in total. The number of hydrogen-bond donors (Lipinski definition) is 3. The van der Waals surface area contributed by atoms with Gasteiger partial charge in [-0.3, -0.25) is 9.59 Å². The van der Waals surface area contributed by atoms with Crippen molar-refractivity contribution in [2.24, 2.45) is 5.73 Å². The minimum Gasteiger partial charge on any atom is -0.326 e. The molecular weight excluding hydrogens is 242 g/mol. The first kappa shape index (κ1) is 15.2. The van der Waals surface area contributed by atoms with Gasteiger partial charge in [-0.05, 0) is 31.0 Å². The van der Waals surface area contributed by atoms with Crippen LogP contribution in [0.2, 0.25) is 0 Å². The van der Waals surface area contributed by atoms with Crippen LogP contribution in [0.15, 0.2) is 18.2 Å². The molecule has 0 bridgehead atoms. The first-order chi connectivity index (χ1) is 8.95. The van der Waals surface area contributed by atoms with E-state index in [-0.39, 0.29) is 11.8 Å². The smallest absolute Gasteiger partial charge is 0.241 e. The number of nitrogens with one attached hydrogen (secondary N) is 2. The number of amides is 2. The van der Waals surface area contributed by atoms with E-state index in [4.69, 9.17) is 5.73 Å². The molecule has 0 aliphatic rings. The van der Waals surface area contributed by atoms with E-state index in [1.54, 1.807) is 18.2 Å². The quantitative estimate of drug-likeness (QED) is 0.759. The average molecular weight is 263 g/mol. The lowest BCUT2D eigenvalue weighted by atomic mass is 10.1. The standard InChI is InChI=1S/C14H21N3O2/c1-4-6-11(15)14(19)17-13-8-5-7-12(9(13)2)16-10(3)18/h5,7-8,11H,4,6,15H2,1-3H3,(H,16,18)(H,17,19). The van der Waals surface area contributed by atoms with Crippen LogP contribution in [0.25, 0.3) is 0 Å². The van der Waals surface area contributed by atoms with Crippen molar-refractivity contribution in [1.82, 2.24) is 0 Å². The molecule has 0 heterocycles. The number of hydrogen-bond acceptors (Lipinski definition) is 3. The normalized spacial score (nSPS) is 11.8. The molecule has 1 unspecified atom stereocenters. The number of rotatable bonds is 5. The molecule has 0 saturated heterocycles. The fourth-order valence-corrected chi connectivity index (χ4v) is 1.76. The molecule has 104 valence electrons. The second-order valence-corrected chi connectivity index (χ2v) is 4.54. The number of anilines is 2. The Labute approximate surface area is 113 Å². The van der Waals surface area contributed by atoms with E-state index in [0.717, 1.165) is 12.0 Å². The Balaban J connectivity index is 2.84. The Morgan fingerprint density at radius 2 is 1.84 bits per heavy atom. The highest BCUT2D eigenvalue weighted by molar-refractivity contribution is 5.97. The summed E-state index contributed by atoms with van der Waals surface area (Å²) in [4.78, 5) is 22.9. The van der Waals surface area contributed by atoms with Gasteiger partial charge < -0.3 is 16.4 Å². The van der Waals surface area contributed by atoms with Crippen LogP contribution >= 0.6 is 0 Å². The highest BCUT2D eigenvalue weighted by Gasteiger charge is 2.14. The fraction of sp³-hybridized carbons (Fsp3) is 0.429. The predicted octanol–water partition coefficient (Wildman–Crippen LogP) is 2.02. The van der Waals surface area contributed by atoms with Gasteiger partial charge >= 0.3 is 0 Å². The molecule has 0 spiro atoms. The van der Waals surface area contributed by atoms with E-state index in [1.807, 2.05) is 13.8 Å². The summed E-state index contributed by atoms with van der Waals surface area (Å²) in [6.07, 6.45) is 1.51. The molecule has 1 aromatic rings. The SMILES string of the molecule is CCCC(N)C(=O)Nc1cccc(NC(C)=O)c1C. The third-order valence-corrected chi connectivity index (χ3v) is 2.84. The molecule has 1 aromatic carbocycles. The van der Waals surface area contributed by atoms with Crippen molar-refractivity contribution in [3.63, 3.8) is 0 Å². The number of carbonyl (C=O) groups excluding carboxylic acids is 2. The van der Waals surface area contributed by atoms with Crippen LogP contribution in [0.3, 0.4) is 0 Å². The maximum Gasteiger partial charge on any atom is 0.241 e. The minimum absolute atomic E-state index is 0.144. The van der Waals surface area contributed by atoms with Crippen molar-refractivity contribution in [3.8, 4) is 0 Å². The first-order valence-corrected chi connectivity index (χ1v) is 6.39. The summed E-state index contributed by atoms with van der Waals surface area (Å²) in [5.41, 5.74) is 7.94. The summed E-state index contributed by atoms with van der Waals surface area (Å²) in [5, 5.41) is 5.51. The Kier molecular flexibility index (Phi) is 5.51. The third-order valence-electron chi connectivity index (χ3n) is 2.84. The number of carbonyl (C=O) groups is 2. The van der Waals surface area contributed by atoms with Crippen LogP contribution in [0, 0.1) is 6.92 Å². The molecular formula is C14H21N3O2. The van der Waals surface area contributed by atoms with Gasteiger partial charge in [0.15, 0.2) is 0 Å². The molecule has 0 aliphatic carbocycles. The molecule has 1 atom stereocenters. The van der Waals surface area contributed by atoms with Crippen molar-refractivity contribution in [2.45, 2.75) is 39.7 Å². The lowest BCUT2D eigenvalue weighted by Crippen LogP contribution is -2.35. The Morgan fingerprint density at radius 3 is 2.37 bits per heavy atom. The van der Waals surface area contributed by atoms with E-state index in [0.29, 0.717) is 17.8 Å². The molecule has 2 amide bonds. The van der Waals surface area contributed by atoms with Crippen molar-refractivity contribution < 1.29 is 9.59 Å². The molecule has 0 fully saturated rings. The molecule has 0 saturated carbocycles. The van der Waals surface area contributed by atoms with Crippen LogP contribution in [-0.2, 0) is 9.59 Å². The van der Waals surface area contributed by atoms with Gasteiger partial charge in [0.2, 0.25) is 11.8 Å². The van der Waals surface area contributed by atoms with Gasteiger partial charge in [0, 0.05) is 18.3 Å². The average Bonchev–Trinajstić information content (AvgIpc) is 2.34. The van der Waals surface area contributed by atoms with Crippen LogP contribution in [0.1, 0.15) is 32.3 Å². The highest BCUT2D eigenvalue weighted by atomic mass is 16.2. The zero-order valence-electron chi connectivity index (χ0n) is 11.6. The Bertz CT molecular complexity index is 472.